The molecule has 0 aromatic carbocycles. The van der Waals surface area contributed by atoms with Crippen molar-refractivity contribution in [3.8, 4) is 0 Å². The topological polar surface area (TPSA) is 139 Å². The second-order valence-corrected chi connectivity index (χ2v) is 3.34. The van der Waals surface area contributed by atoms with Crippen molar-refractivity contribution in [3.63, 3.8) is 0 Å². The van der Waals surface area contributed by atoms with Crippen LogP contribution in [0.25, 0.3) is 0 Å². The molecule has 0 fully saturated rings. The monoisotopic (exact) mass is 248 g/mol. The van der Waals surface area contributed by atoms with E-state index in [4.69, 9.17) is 15.9 Å². The fourth-order valence-corrected chi connectivity index (χ4v) is 1.30. The van der Waals surface area contributed by atoms with Crippen LogP contribution in [0.2, 0.25) is 0 Å². The number of carbonyl (C=O) groups is 3. The molecule has 0 aromatic heterocycles. The van der Waals surface area contributed by atoms with E-state index in [0.29, 0.717) is 0 Å². The lowest BCUT2D eigenvalue weighted by molar-refractivity contribution is -0.162. The summed E-state index contributed by atoms with van der Waals surface area (Å²) in [5, 5.41) is 19.8. The molecule has 17 heavy (non-hydrogen) atoms. The summed E-state index contributed by atoms with van der Waals surface area (Å²) >= 11 is 0. The number of nitrogens with two attached hydrogens (primary N) is 1. The average Bonchev–Trinajstić information content (AvgIpc) is 2.28. The van der Waals surface area contributed by atoms with Crippen LogP contribution in [0.4, 0.5) is 0 Å². The Morgan fingerprint density at radius 1 is 1.35 bits per heavy atom. The molecule has 0 heterocycles. The molecule has 8 nitrogen and oxygen atoms in total. The van der Waals surface area contributed by atoms with Gasteiger partial charge in [0.05, 0.1) is 13.7 Å². The van der Waals surface area contributed by atoms with Crippen molar-refractivity contribution in [2.45, 2.75) is 18.4 Å². The van der Waals surface area contributed by atoms with E-state index >= 15 is 0 Å². The first kappa shape index (κ1) is 15.3. The number of carboxylic acids is 2. The molecular weight excluding hydrogens is 232 g/mol. The van der Waals surface area contributed by atoms with Crippen molar-refractivity contribution in [2.75, 3.05) is 20.2 Å². The molecule has 0 rings (SSSR count). The molecule has 0 aliphatic heterocycles. The van der Waals surface area contributed by atoms with Crippen LogP contribution in [0.1, 0.15) is 12.8 Å². The molecule has 1 unspecified atom stereocenters. The molecule has 0 amide bonds. The summed E-state index contributed by atoms with van der Waals surface area (Å²) in [6, 6.07) is 0. The maximum Gasteiger partial charge on any atom is 0.337 e. The quantitative estimate of drug-likeness (QED) is 0.297. The minimum Gasteiger partial charge on any atom is -0.480 e. The minimum atomic E-state index is -2.06. The molecule has 1 atom stereocenters. The van der Waals surface area contributed by atoms with Crippen LogP contribution in [-0.2, 0) is 19.1 Å². The SMILES string of the molecule is COC(=O)C(CCCN)(NCC(=O)O)C(=O)O. The van der Waals surface area contributed by atoms with Crippen LogP contribution in [0.3, 0.4) is 0 Å². The molecule has 5 N–H and O–H groups in total. The van der Waals surface area contributed by atoms with Gasteiger partial charge in [0.1, 0.15) is 0 Å². The summed E-state index contributed by atoms with van der Waals surface area (Å²) in [5.74, 6) is -3.80. The molecule has 0 spiro atoms. The van der Waals surface area contributed by atoms with Crippen molar-refractivity contribution in [1.82, 2.24) is 5.32 Å². The lowest BCUT2D eigenvalue weighted by atomic mass is 9.93. The Morgan fingerprint density at radius 3 is 2.29 bits per heavy atom. The molecular formula is C9H16N2O6. The van der Waals surface area contributed by atoms with E-state index in [1.54, 1.807) is 0 Å². The summed E-state index contributed by atoms with van der Waals surface area (Å²) in [5.41, 5.74) is 3.18. The normalized spacial score (nSPS) is 13.8. The lowest BCUT2D eigenvalue weighted by Gasteiger charge is -2.26. The highest BCUT2D eigenvalue weighted by Crippen LogP contribution is 2.15. The maximum atomic E-state index is 11.5. The fraction of sp³-hybridized carbons (Fsp3) is 0.667. The predicted molar refractivity (Wildman–Crippen MR) is 56.3 cm³/mol. The number of esters is 1. The Hall–Kier alpha value is -1.67. The Bertz CT molecular complexity index is 306. The predicted octanol–water partition coefficient (Wildman–Crippen LogP) is -1.60. The van der Waals surface area contributed by atoms with Crippen molar-refractivity contribution in [3.05, 3.63) is 0 Å². The Balaban J connectivity index is 5.01. The van der Waals surface area contributed by atoms with Crippen LogP contribution < -0.4 is 11.1 Å². The smallest absolute Gasteiger partial charge is 0.337 e. The number of rotatable bonds is 8. The molecule has 98 valence electrons. The first-order valence-corrected chi connectivity index (χ1v) is 4.89. The zero-order chi connectivity index (χ0) is 13.5. The van der Waals surface area contributed by atoms with E-state index < -0.39 is 30.0 Å². The van der Waals surface area contributed by atoms with Gasteiger partial charge in [-0.05, 0) is 19.4 Å². The van der Waals surface area contributed by atoms with Gasteiger partial charge in [-0.1, -0.05) is 0 Å². The second-order valence-electron chi connectivity index (χ2n) is 3.34. The first-order valence-electron chi connectivity index (χ1n) is 4.89. The summed E-state index contributed by atoms with van der Waals surface area (Å²) < 4.78 is 4.39. The third-order valence-corrected chi connectivity index (χ3v) is 2.20. The molecule has 0 radical (unpaired) electrons. The number of methoxy groups -OCH3 is 1. The van der Waals surface area contributed by atoms with Crippen LogP contribution in [0, 0.1) is 0 Å². The molecule has 0 bridgehead atoms. The Kier molecular flexibility index (Phi) is 6.15. The van der Waals surface area contributed by atoms with Gasteiger partial charge in [0, 0.05) is 0 Å². The average molecular weight is 248 g/mol. The Morgan fingerprint density at radius 2 is 1.94 bits per heavy atom. The van der Waals surface area contributed by atoms with E-state index in [2.05, 4.69) is 10.1 Å². The number of hydrogen-bond acceptors (Lipinski definition) is 6. The maximum absolute atomic E-state index is 11.5. The van der Waals surface area contributed by atoms with Gasteiger partial charge in [-0.15, -0.1) is 0 Å². The van der Waals surface area contributed by atoms with Crippen LogP contribution in [0.5, 0.6) is 0 Å². The van der Waals surface area contributed by atoms with Gasteiger partial charge in [-0.3, -0.25) is 10.1 Å². The number of carbonyl (C=O) groups excluding carboxylic acids is 1. The highest BCUT2D eigenvalue weighted by molar-refractivity contribution is 6.04. The van der Waals surface area contributed by atoms with Crippen molar-refractivity contribution < 1.29 is 29.3 Å². The van der Waals surface area contributed by atoms with E-state index in [1.807, 2.05) is 0 Å². The number of nitrogens with one attached hydrogen (secondary N) is 1. The number of carboxylic acid groups (broad SMARTS) is 2. The van der Waals surface area contributed by atoms with Gasteiger partial charge < -0.3 is 20.7 Å². The largest absolute Gasteiger partial charge is 0.480 e. The van der Waals surface area contributed by atoms with E-state index in [0.717, 1.165) is 7.11 Å². The molecule has 8 heteroatoms. The molecule has 0 aliphatic carbocycles. The standard InChI is InChI=1S/C9H16N2O6/c1-17-8(16)9(7(14)15,3-2-4-10)11-5-6(12)13/h11H,2-5,10H2,1H3,(H,12,13)(H,14,15). The van der Waals surface area contributed by atoms with Gasteiger partial charge in [0.2, 0.25) is 5.54 Å². The van der Waals surface area contributed by atoms with Crippen molar-refractivity contribution in [1.29, 1.82) is 0 Å². The molecule has 0 aliphatic rings. The third kappa shape index (κ3) is 4.00. The summed E-state index contributed by atoms with van der Waals surface area (Å²) in [7, 11) is 1.03. The molecule has 0 aromatic rings. The number of ether oxygens (including phenoxy) is 1. The van der Waals surface area contributed by atoms with Crippen LogP contribution in [0.15, 0.2) is 0 Å². The van der Waals surface area contributed by atoms with Gasteiger partial charge in [0.15, 0.2) is 0 Å². The van der Waals surface area contributed by atoms with Gasteiger partial charge in [0.25, 0.3) is 0 Å². The van der Waals surface area contributed by atoms with Gasteiger partial charge in [-0.2, -0.15) is 0 Å². The zero-order valence-electron chi connectivity index (χ0n) is 9.43. The zero-order valence-corrected chi connectivity index (χ0v) is 9.43. The van der Waals surface area contributed by atoms with Crippen LogP contribution >= 0.6 is 0 Å². The van der Waals surface area contributed by atoms with E-state index in [1.165, 1.54) is 0 Å². The van der Waals surface area contributed by atoms with Crippen molar-refractivity contribution >= 4 is 17.9 Å². The van der Waals surface area contributed by atoms with Crippen molar-refractivity contribution in [2.24, 2.45) is 5.73 Å². The summed E-state index contributed by atoms with van der Waals surface area (Å²) in [6.45, 7) is -0.479. The fourth-order valence-electron chi connectivity index (χ4n) is 1.30. The van der Waals surface area contributed by atoms with Gasteiger partial charge >= 0.3 is 17.9 Å². The third-order valence-electron chi connectivity index (χ3n) is 2.20. The molecule has 0 saturated carbocycles. The number of aliphatic carboxylic acids is 2. The summed E-state index contributed by atoms with van der Waals surface area (Å²) in [4.78, 5) is 33.1. The van der Waals surface area contributed by atoms with Gasteiger partial charge in [-0.25, -0.2) is 9.59 Å². The van der Waals surface area contributed by atoms with E-state index in [-0.39, 0.29) is 19.4 Å². The lowest BCUT2D eigenvalue weighted by Crippen LogP contribution is -2.60. The molecule has 0 saturated heterocycles. The highest BCUT2D eigenvalue weighted by Gasteiger charge is 2.47. The summed E-state index contributed by atoms with van der Waals surface area (Å²) in [6.07, 6.45) is 0.104. The first-order chi connectivity index (χ1) is 7.90. The van der Waals surface area contributed by atoms with Crippen LogP contribution in [-0.4, -0.2) is 53.9 Å². The van der Waals surface area contributed by atoms with E-state index in [9.17, 15) is 14.4 Å². The Labute approximate surface area is 97.7 Å². The minimum absolute atomic E-state index is 0.140. The second kappa shape index (κ2) is 6.81. The highest BCUT2D eigenvalue weighted by atomic mass is 16.5. The number of hydrogen-bond donors (Lipinski definition) is 4.